The van der Waals surface area contributed by atoms with Crippen LogP contribution in [-0.4, -0.2) is 32.5 Å². The van der Waals surface area contributed by atoms with Crippen molar-refractivity contribution in [3.63, 3.8) is 0 Å². The van der Waals surface area contributed by atoms with Crippen LogP contribution >= 0.6 is 0 Å². The average Bonchev–Trinajstić information content (AvgIpc) is 1.53. The highest BCUT2D eigenvalue weighted by Crippen LogP contribution is 2.63. The third-order valence-electron chi connectivity index (χ3n) is 22.0. The van der Waals surface area contributed by atoms with Gasteiger partial charge in [0.25, 0.3) is 11.8 Å². The molecule has 1 aliphatic carbocycles. The van der Waals surface area contributed by atoms with Crippen LogP contribution in [0.15, 0.2) is 323 Å². The lowest BCUT2D eigenvalue weighted by atomic mass is 9.67. The number of Topliss-reactive ketones (excluding diaryl/α,β-unsaturated/α-hetero) is 1. The molecule has 9 nitrogen and oxygen atoms in total. The summed E-state index contributed by atoms with van der Waals surface area (Å²) in [6.45, 7) is 42.7. The molecule has 9 heteroatoms. The topological polar surface area (TPSA) is 135 Å². The van der Waals surface area contributed by atoms with Crippen molar-refractivity contribution in [1.29, 1.82) is 0 Å². The van der Waals surface area contributed by atoms with Gasteiger partial charge in [-0.2, -0.15) is 0 Å². The third kappa shape index (κ3) is 20.8. The SMILES string of the molecule is C=C1C2=C(c3ccc(C(=O)Nc4ccc(/C=C/C(C)=C/C=C/C(C)=C/C=C/C=C(C)/C=C/C=C(C)/C=C/C)cc4)cc3)c3[nH]c(c(C)c3C)C=c3[nH]c(c(C)c3C)=C(c3ccc(C(=O)Nc4ccc(/C=C/C(C)=C/C=C/C(C)=C/C=C/C=C(C)/C=C/C=C(C)/C=C/C)cc4)cc3)c3[nH]c(c(C)c3C)C3=C(N2)C1(CCC)C(C(C)=O)C3. The fourth-order valence-corrected chi connectivity index (χ4v) is 15.1. The maximum atomic E-state index is 14.5. The van der Waals surface area contributed by atoms with Gasteiger partial charge in [-0.1, -0.05) is 283 Å². The number of fused-ring (bicyclic) bond motifs is 8. The molecule has 10 rings (SSSR count). The Kier molecular flexibility index (Phi) is 29.0. The minimum Gasteiger partial charge on any atom is -0.357 e. The lowest BCUT2D eigenvalue weighted by molar-refractivity contribution is -0.122. The van der Waals surface area contributed by atoms with Gasteiger partial charge in [0.15, 0.2) is 0 Å². The van der Waals surface area contributed by atoms with Gasteiger partial charge in [0.05, 0.1) is 22.4 Å². The Morgan fingerprint density at radius 1 is 0.443 bits per heavy atom. The van der Waals surface area contributed by atoms with E-state index in [4.69, 9.17) is 6.58 Å². The molecule has 2 amide bonds. The molecule has 1 fully saturated rings. The predicted octanol–water partition coefficient (Wildman–Crippen LogP) is 25.2. The second-order valence-electron chi connectivity index (χ2n) is 30.7. The van der Waals surface area contributed by atoms with Crippen LogP contribution in [0.25, 0.3) is 34.9 Å². The number of rotatable bonds is 27. The molecule has 0 spiro atoms. The molecule has 1 saturated heterocycles. The number of hydrogen-bond donors (Lipinski definition) is 6. The molecule has 0 radical (unpaired) electrons. The molecule has 586 valence electrons. The van der Waals surface area contributed by atoms with E-state index in [9.17, 15) is 14.4 Å². The van der Waals surface area contributed by atoms with Gasteiger partial charge >= 0.3 is 0 Å². The molecule has 2 unspecified atom stereocenters. The maximum Gasteiger partial charge on any atom is 0.255 e. The molecule has 115 heavy (non-hydrogen) atoms. The fraction of sp³-hybridized carbons (Fsp3) is 0.217. The van der Waals surface area contributed by atoms with Crippen molar-refractivity contribution in [1.82, 2.24) is 20.3 Å². The van der Waals surface area contributed by atoms with Gasteiger partial charge in [-0.25, -0.2) is 0 Å². The van der Waals surface area contributed by atoms with Crippen molar-refractivity contribution in [2.75, 3.05) is 10.6 Å². The van der Waals surface area contributed by atoms with E-state index in [-0.39, 0.29) is 17.6 Å². The Bertz CT molecular complexity index is 5690. The van der Waals surface area contributed by atoms with Crippen molar-refractivity contribution in [3.8, 4) is 0 Å². The number of ketones is 1. The van der Waals surface area contributed by atoms with Crippen molar-refractivity contribution >= 4 is 63.9 Å². The summed E-state index contributed by atoms with van der Waals surface area (Å²) in [5.74, 6) is -0.720. The molecule has 5 heterocycles. The first kappa shape index (κ1) is 84.9. The molecule has 3 aromatic heterocycles. The highest BCUT2D eigenvalue weighted by Gasteiger charge is 2.57. The van der Waals surface area contributed by atoms with E-state index in [0.717, 1.165) is 152 Å². The summed E-state index contributed by atoms with van der Waals surface area (Å²) in [4.78, 5) is 54.8. The summed E-state index contributed by atoms with van der Waals surface area (Å²) < 4.78 is 0. The lowest BCUT2D eigenvalue weighted by Gasteiger charge is -2.33. The first-order chi connectivity index (χ1) is 55.2. The van der Waals surface area contributed by atoms with Crippen molar-refractivity contribution < 1.29 is 14.4 Å². The molecule has 4 aromatic carbocycles. The van der Waals surface area contributed by atoms with E-state index in [0.29, 0.717) is 35.3 Å². The number of anilines is 2. The predicted molar refractivity (Wildman–Crippen MR) is 491 cm³/mol. The third-order valence-corrected chi connectivity index (χ3v) is 22.0. The quantitative estimate of drug-likeness (QED) is 0.0286. The molecule has 3 aliphatic rings. The van der Waals surface area contributed by atoms with Crippen LogP contribution in [0.5, 0.6) is 0 Å². The number of carbonyl (C=O) groups excluding carboxylic acids is 3. The Morgan fingerprint density at radius 3 is 1.26 bits per heavy atom. The van der Waals surface area contributed by atoms with Crippen LogP contribution in [0.2, 0.25) is 0 Å². The number of hydrogen-bond acceptors (Lipinski definition) is 4. The van der Waals surface area contributed by atoms with E-state index in [2.05, 4.69) is 299 Å². The first-order valence-corrected chi connectivity index (χ1v) is 40.1. The van der Waals surface area contributed by atoms with Crippen LogP contribution in [-0.2, 0) is 4.79 Å². The number of carbonyl (C=O) groups is 3. The average molecular weight is 1520 g/mol. The zero-order chi connectivity index (χ0) is 82.6. The number of benzene rings is 4. The molecule has 8 bridgehead atoms. The monoisotopic (exact) mass is 1520 g/mol. The standard InChI is InChI=1S/C106H114N6O3/c1-20-31-68(4)37-27-39-70(6)33-23-25-35-72(8)41-29-43-74(10)45-47-84-49-61-90(62-50-84)107-104(114)88-57-53-86(54-58-88)96-99-78(14)76(12)94(109-99)67-95-77(13)79(15)100(110-95)97(102-82(18)106(65-22-3)93(83(19)113)66-92(103(106)112-102)98-80(16)81(17)101(96)111-98)87-55-59-89(60-56-87)105(115)108-91-63-51-85(52-64-91)48-46-75(11)44-30-42-73(9)36-26-24-34-71(7)40-28-38-69(5)32-21-2/h20-21,23-64,67,93,109-112H,18,22,65-66H2,1-17,19H3,(H,107,114)(H,108,115)/b25-23+,26-24+,31-20+,32-21+,39-27+,40-28+,41-29+,42-30+,47-45+,48-46+,68-37+,69-38+,70-33+,71-34+,72-35+,73-36+,74-43+,75-44+,94-67?,99-96?,102-97?. The Hall–Kier alpha value is -12.6. The molecular weight excluding hydrogens is 1410 g/mol. The van der Waals surface area contributed by atoms with Gasteiger partial charge in [-0.05, 0) is 252 Å². The Balaban J connectivity index is 0.893. The number of aromatic nitrogens is 3. The highest BCUT2D eigenvalue weighted by atomic mass is 16.2. The molecule has 2 atom stereocenters. The van der Waals surface area contributed by atoms with E-state index in [1.165, 1.54) is 22.3 Å². The smallest absolute Gasteiger partial charge is 0.255 e. The van der Waals surface area contributed by atoms with Crippen LogP contribution in [0, 0.1) is 52.9 Å². The Labute approximate surface area is 683 Å². The number of nitrogens with one attached hydrogen (secondary N) is 6. The van der Waals surface area contributed by atoms with E-state index >= 15 is 0 Å². The minimum atomic E-state index is -0.734. The zero-order valence-corrected chi connectivity index (χ0v) is 70.6. The van der Waals surface area contributed by atoms with Gasteiger partial charge in [-0.15, -0.1) is 0 Å². The van der Waals surface area contributed by atoms with Crippen molar-refractivity contribution in [2.24, 2.45) is 11.3 Å². The van der Waals surface area contributed by atoms with Crippen molar-refractivity contribution in [2.45, 2.75) is 144 Å². The highest BCUT2D eigenvalue weighted by molar-refractivity contribution is 6.06. The van der Waals surface area contributed by atoms with E-state index in [1.54, 1.807) is 6.92 Å². The van der Waals surface area contributed by atoms with Gasteiger partial charge in [0.2, 0.25) is 0 Å². The fourth-order valence-electron chi connectivity index (χ4n) is 15.1. The lowest BCUT2D eigenvalue weighted by Crippen LogP contribution is -2.32. The summed E-state index contributed by atoms with van der Waals surface area (Å²) in [5, 5.41) is 12.3. The number of H-pyrrole nitrogens is 3. The van der Waals surface area contributed by atoms with Crippen LogP contribution in [0.4, 0.5) is 11.4 Å². The summed E-state index contributed by atoms with van der Waals surface area (Å²) >= 11 is 0. The molecule has 2 aliphatic heterocycles. The van der Waals surface area contributed by atoms with Gasteiger partial charge < -0.3 is 30.9 Å². The molecule has 0 saturated carbocycles. The number of amides is 2. The van der Waals surface area contributed by atoms with Gasteiger partial charge in [0, 0.05) is 67.4 Å². The molecular formula is C106H114N6O3. The van der Waals surface area contributed by atoms with E-state index < -0.39 is 11.3 Å². The summed E-state index contributed by atoms with van der Waals surface area (Å²) in [6, 6.07) is 31.5. The van der Waals surface area contributed by atoms with E-state index in [1.807, 2.05) is 123 Å². The minimum absolute atomic E-state index is 0.111. The van der Waals surface area contributed by atoms with Crippen molar-refractivity contribution in [3.05, 3.63) is 423 Å². The summed E-state index contributed by atoms with van der Waals surface area (Å²) in [6.07, 6.45) is 62.5. The molecule has 7 aromatic rings. The van der Waals surface area contributed by atoms with Gasteiger partial charge in [-0.3, -0.25) is 14.4 Å². The van der Waals surface area contributed by atoms with Gasteiger partial charge in [0.1, 0.15) is 5.78 Å². The Morgan fingerprint density at radius 2 is 0.835 bits per heavy atom. The normalized spacial score (nSPS) is 17.2. The van der Waals surface area contributed by atoms with Crippen LogP contribution in [0.3, 0.4) is 0 Å². The number of aromatic amines is 3. The largest absolute Gasteiger partial charge is 0.357 e. The van der Waals surface area contributed by atoms with Crippen LogP contribution < -0.4 is 26.6 Å². The molecule has 6 N–H and O–H groups in total. The van der Waals surface area contributed by atoms with Crippen LogP contribution in [0.1, 0.15) is 201 Å². The second kappa shape index (κ2) is 39.2. The number of allylic oxidation sites excluding steroid dienone is 37. The maximum absolute atomic E-state index is 14.5. The first-order valence-electron chi connectivity index (χ1n) is 40.1. The summed E-state index contributed by atoms with van der Waals surface area (Å²) in [5.41, 5.74) is 30.7. The second-order valence-corrected chi connectivity index (χ2v) is 30.7. The zero-order valence-electron chi connectivity index (χ0n) is 70.6. The summed E-state index contributed by atoms with van der Waals surface area (Å²) in [7, 11) is 0.